The predicted molar refractivity (Wildman–Crippen MR) is 70.4 cm³/mol. The van der Waals surface area contributed by atoms with Gasteiger partial charge in [0.2, 0.25) is 18.1 Å². The Balaban J connectivity index is 4.88. The maximum Gasteiger partial charge on any atom is 0.349 e. The maximum atomic E-state index is 11.9. The minimum absolute atomic E-state index is 0.0252. The molecule has 0 saturated heterocycles. The first-order chi connectivity index (χ1) is 10.1. The van der Waals surface area contributed by atoms with E-state index in [1.807, 2.05) is 0 Å². The first-order valence-corrected chi connectivity index (χ1v) is 6.24. The van der Waals surface area contributed by atoms with Crippen molar-refractivity contribution in [2.75, 3.05) is 13.1 Å². The van der Waals surface area contributed by atoms with Gasteiger partial charge >= 0.3 is 17.9 Å². The van der Waals surface area contributed by atoms with E-state index in [9.17, 15) is 24.0 Å². The quantitative estimate of drug-likeness (QED) is 0.350. The highest BCUT2D eigenvalue weighted by molar-refractivity contribution is 5.90. The number of esters is 2. The number of rotatable bonds is 8. The Morgan fingerprint density at radius 1 is 0.864 bits per heavy atom. The monoisotopic (exact) mass is 318 g/mol. The van der Waals surface area contributed by atoms with Gasteiger partial charge in [-0.2, -0.15) is 0 Å². The Morgan fingerprint density at radius 2 is 1.32 bits per heavy atom. The molecule has 10 nitrogen and oxygen atoms in total. The number of hydrogen-bond donors (Lipinski definition) is 3. The molecular formula is C12H18N2O8. The van der Waals surface area contributed by atoms with Crippen molar-refractivity contribution in [3.05, 3.63) is 0 Å². The zero-order chi connectivity index (χ0) is 17.3. The maximum absolute atomic E-state index is 11.9. The molecule has 0 saturated carbocycles. The SMILES string of the molecule is CC(=O)NCCNC(=O)C(OC(C)=O)C(OC(C)=O)C(=O)O. The number of carboxylic acids is 1. The highest BCUT2D eigenvalue weighted by Gasteiger charge is 2.39. The fourth-order valence-electron chi connectivity index (χ4n) is 1.38. The van der Waals surface area contributed by atoms with Crippen LogP contribution in [0.15, 0.2) is 0 Å². The number of nitrogens with one attached hydrogen (secondary N) is 2. The van der Waals surface area contributed by atoms with Gasteiger partial charge in [-0.3, -0.25) is 19.2 Å². The van der Waals surface area contributed by atoms with Crippen LogP contribution in [0.3, 0.4) is 0 Å². The minimum Gasteiger partial charge on any atom is -0.478 e. The van der Waals surface area contributed by atoms with Gasteiger partial charge in [-0.25, -0.2) is 4.79 Å². The van der Waals surface area contributed by atoms with Gasteiger partial charge in [0.1, 0.15) is 0 Å². The van der Waals surface area contributed by atoms with Gasteiger partial charge < -0.3 is 25.2 Å². The summed E-state index contributed by atoms with van der Waals surface area (Å²) in [5, 5.41) is 13.7. The summed E-state index contributed by atoms with van der Waals surface area (Å²) >= 11 is 0. The van der Waals surface area contributed by atoms with Crippen LogP contribution in [0, 0.1) is 0 Å². The number of amides is 2. The lowest BCUT2D eigenvalue weighted by Crippen LogP contribution is -2.50. The number of carbonyl (C=O) groups excluding carboxylic acids is 4. The van der Waals surface area contributed by atoms with Crippen LogP contribution in [0.1, 0.15) is 20.8 Å². The second kappa shape index (κ2) is 9.32. The van der Waals surface area contributed by atoms with Gasteiger partial charge in [0.25, 0.3) is 5.91 Å². The predicted octanol–water partition coefficient (Wildman–Crippen LogP) is -1.81. The fraction of sp³-hybridized carbons (Fsp3) is 0.583. The van der Waals surface area contributed by atoms with Crippen LogP contribution < -0.4 is 10.6 Å². The lowest BCUT2D eigenvalue weighted by molar-refractivity contribution is -0.180. The van der Waals surface area contributed by atoms with Crippen LogP contribution in [-0.4, -0.2) is 60.1 Å². The van der Waals surface area contributed by atoms with E-state index >= 15 is 0 Å². The topological polar surface area (TPSA) is 148 Å². The van der Waals surface area contributed by atoms with Gasteiger partial charge in [0.15, 0.2) is 0 Å². The van der Waals surface area contributed by atoms with Crippen molar-refractivity contribution in [3.8, 4) is 0 Å². The second-order valence-corrected chi connectivity index (χ2v) is 4.17. The summed E-state index contributed by atoms with van der Waals surface area (Å²) in [7, 11) is 0. The summed E-state index contributed by atoms with van der Waals surface area (Å²) in [6.45, 7) is 3.28. The van der Waals surface area contributed by atoms with E-state index < -0.39 is 36.0 Å². The molecule has 0 aliphatic heterocycles. The molecule has 22 heavy (non-hydrogen) atoms. The molecule has 0 aliphatic rings. The van der Waals surface area contributed by atoms with Crippen molar-refractivity contribution < 1.29 is 38.6 Å². The van der Waals surface area contributed by atoms with Crippen LogP contribution in [0.2, 0.25) is 0 Å². The van der Waals surface area contributed by atoms with E-state index in [4.69, 9.17) is 5.11 Å². The molecule has 3 N–H and O–H groups in total. The van der Waals surface area contributed by atoms with E-state index in [0.717, 1.165) is 13.8 Å². The zero-order valence-corrected chi connectivity index (χ0v) is 12.4. The lowest BCUT2D eigenvalue weighted by Gasteiger charge is -2.22. The first-order valence-electron chi connectivity index (χ1n) is 6.24. The third-order valence-corrected chi connectivity index (χ3v) is 2.16. The average Bonchev–Trinajstić information content (AvgIpc) is 2.37. The van der Waals surface area contributed by atoms with E-state index in [-0.39, 0.29) is 19.0 Å². The largest absolute Gasteiger partial charge is 0.478 e. The van der Waals surface area contributed by atoms with Gasteiger partial charge in [-0.15, -0.1) is 0 Å². The molecule has 0 rings (SSSR count). The van der Waals surface area contributed by atoms with E-state index in [2.05, 4.69) is 20.1 Å². The molecular weight excluding hydrogens is 300 g/mol. The Morgan fingerprint density at radius 3 is 1.73 bits per heavy atom. The number of hydrogen-bond acceptors (Lipinski definition) is 7. The molecule has 10 heteroatoms. The second-order valence-electron chi connectivity index (χ2n) is 4.17. The molecule has 0 spiro atoms. The van der Waals surface area contributed by atoms with Gasteiger partial charge in [0, 0.05) is 33.9 Å². The highest BCUT2D eigenvalue weighted by atomic mass is 16.6. The van der Waals surface area contributed by atoms with Gasteiger partial charge in [-0.05, 0) is 0 Å². The summed E-state index contributed by atoms with van der Waals surface area (Å²) in [5.41, 5.74) is 0. The van der Waals surface area contributed by atoms with Crippen LogP contribution in [0.4, 0.5) is 0 Å². The summed E-state index contributed by atoms with van der Waals surface area (Å²) in [5.74, 6) is -4.78. The molecule has 2 amide bonds. The molecule has 0 aromatic rings. The van der Waals surface area contributed by atoms with Crippen LogP contribution in [0.25, 0.3) is 0 Å². The summed E-state index contributed by atoms with van der Waals surface area (Å²) < 4.78 is 9.11. The molecule has 0 aromatic carbocycles. The number of carbonyl (C=O) groups is 5. The lowest BCUT2D eigenvalue weighted by atomic mass is 10.2. The summed E-state index contributed by atoms with van der Waals surface area (Å²) in [6.07, 6.45) is -3.81. The summed E-state index contributed by atoms with van der Waals surface area (Å²) in [4.78, 5) is 55.5. The van der Waals surface area contributed by atoms with Crippen molar-refractivity contribution in [2.24, 2.45) is 0 Å². The number of ether oxygens (including phenoxy) is 2. The molecule has 0 radical (unpaired) electrons. The molecule has 124 valence electrons. The molecule has 0 bridgehead atoms. The highest BCUT2D eigenvalue weighted by Crippen LogP contribution is 2.07. The number of carboxylic acid groups (broad SMARTS) is 1. The van der Waals surface area contributed by atoms with E-state index in [0.29, 0.717) is 0 Å². The molecule has 2 atom stereocenters. The fourth-order valence-corrected chi connectivity index (χ4v) is 1.38. The van der Waals surface area contributed by atoms with Crippen LogP contribution in [-0.2, 0) is 33.4 Å². The zero-order valence-electron chi connectivity index (χ0n) is 12.4. The Labute approximate surface area is 126 Å². The summed E-state index contributed by atoms with van der Waals surface area (Å²) in [6, 6.07) is 0. The van der Waals surface area contributed by atoms with E-state index in [1.54, 1.807) is 0 Å². The van der Waals surface area contributed by atoms with E-state index in [1.165, 1.54) is 6.92 Å². The van der Waals surface area contributed by atoms with Crippen molar-refractivity contribution in [2.45, 2.75) is 33.0 Å². The Kier molecular flexibility index (Phi) is 8.19. The average molecular weight is 318 g/mol. The number of aliphatic carboxylic acids is 1. The van der Waals surface area contributed by atoms with Crippen molar-refractivity contribution >= 4 is 29.7 Å². The standard InChI is InChI=1S/C12H18N2O8/c1-6(15)13-4-5-14-11(18)9(21-7(2)16)10(12(19)20)22-8(3)17/h9-10H,4-5H2,1-3H3,(H,13,15)(H,14,18)(H,19,20). The minimum atomic E-state index is -1.97. The molecule has 2 unspecified atom stereocenters. The Hall–Kier alpha value is -2.65. The Bertz CT molecular complexity index is 462. The molecule has 0 aliphatic carbocycles. The first kappa shape index (κ1) is 19.4. The third-order valence-electron chi connectivity index (χ3n) is 2.16. The van der Waals surface area contributed by atoms with Crippen molar-refractivity contribution in [1.29, 1.82) is 0 Å². The molecule has 0 aromatic heterocycles. The van der Waals surface area contributed by atoms with Gasteiger partial charge in [0.05, 0.1) is 0 Å². The molecule has 0 heterocycles. The van der Waals surface area contributed by atoms with Crippen molar-refractivity contribution in [1.82, 2.24) is 10.6 Å². The van der Waals surface area contributed by atoms with Crippen LogP contribution in [0.5, 0.6) is 0 Å². The van der Waals surface area contributed by atoms with Crippen molar-refractivity contribution in [3.63, 3.8) is 0 Å². The van der Waals surface area contributed by atoms with Crippen LogP contribution >= 0.6 is 0 Å². The third kappa shape index (κ3) is 7.82. The normalized spacial score (nSPS) is 12.5. The smallest absolute Gasteiger partial charge is 0.349 e. The van der Waals surface area contributed by atoms with Gasteiger partial charge in [-0.1, -0.05) is 0 Å². The molecule has 0 fully saturated rings.